The Bertz CT molecular complexity index is 492. The SMILES string of the molecule is Cc1cccc(-c2ccnc(N)c2N)c1. The van der Waals surface area contributed by atoms with E-state index >= 15 is 0 Å². The zero-order valence-electron chi connectivity index (χ0n) is 8.57. The minimum absolute atomic E-state index is 0.383. The fourth-order valence-electron chi connectivity index (χ4n) is 1.55. The first-order valence-corrected chi connectivity index (χ1v) is 4.75. The molecular weight excluding hydrogens is 186 g/mol. The fraction of sp³-hybridized carbons (Fsp3) is 0.0833. The first kappa shape index (κ1) is 9.52. The summed E-state index contributed by atoms with van der Waals surface area (Å²) in [6.45, 7) is 2.05. The number of rotatable bonds is 1. The Hall–Kier alpha value is -2.03. The smallest absolute Gasteiger partial charge is 0.147 e. The molecule has 76 valence electrons. The monoisotopic (exact) mass is 199 g/mol. The molecule has 1 aromatic heterocycles. The molecule has 0 radical (unpaired) electrons. The van der Waals surface area contributed by atoms with Gasteiger partial charge in [0.1, 0.15) is 5.82 Å². The van der Waals surface area contributed by atoms with Crippen LogP contribution in [0.3, 0.4) is 0 Å². The highest BCUT2D eigenvalue weighted by molar-refractivity contribution is 5.82. The van der Waals surface area contributed by atoms with E-state index in [4.69, 9.17) is 11.5 Å². The van der Waals surface area contributed by atoms with E-state index in [0.717, 1.165) is 11.1 Å². The van der Waals surface area contributed by atoms with Crippen LogP contribution in [0.4, 0.5) is 11.5 Å². The molecule has 0 amide bonds. The van der Waals surface area contributed by atoms with E-state index < -0.39 is 0 Å². The van der Waals surface area contributed by atoms with Crippen molar-refractivity contribution < 1.29 is 0 Å². The fourth-order valence-corrected chi connectivity index (χ4v) is 1.55. The van der Waals surface area contributed by atoms with Crippen molar-refractivity contribution in [1.29, 1.82) is 0 Å². The van der Waals surface area contributed by atoms with Crippen LogP contribution >= 0.6 is 0 Å². The summed E-state index contributed by atoms with van der Waals surface area (Å²) in [6.07, 6.45) is 1.67. The molecule has 0 bridgehead atoms. The average Bonchev–Trinajstić information content (AvgIpc) is 2.22. The summed E-state index contributed by atoms with van der Waals surface area (Å²) < 4.78 is 0. The van der Waals surface area contributed by atoms with Crippen LogP contribution in [-0.2, 0) is 0 Å². The molecule has 0 aliphatic heterocycles. The van der Waals surface area contributed by atoms with Gasteiger partial charge in [0.15, 0.2) is 0 Å². The minimum atomic E-state index is 0.383. The average molecular weight is 199 g/mol. The molecule has 1 aromatic carbocycles. The molecular formula is C12H13N3. The maximum Gasteiger partial charge on any atom is 0.147 e. The number of nitrogen functional groups attached to an aromatic ring is 2. The lowest BCUT2D eigenvalue weighted by atomic mass is 10.0. The number of hydrogen-bond acceptors (Lipinski definition) is 3. The lowest BCUT2D eigenvalue weighted by Crippen LogP contribution is -1.99. The van der Waals surface area contributed by atoms with Crippen LogP contribution in [0, 0.1) is 6.92 Å². The summed E-state index contributed by atoms with van der Waals surface area (Å²) in [4.78, 5) is 3.94. The molecule has 2 aromatic rings. The maximum atomic E-state index is 5.88. The molecule has 3 heteroatoms. The highest BCUT2D eigenvalue weighted by Gasteiger charge is 2.05. The third kappa shape index (κ3) is 1.76. The summed E-state index contributed by atoms with van der Waals surface area (Å²) >= 11 is 0. The highest BCUT2D eigenvalue weighted by atomic mass is 14.9. The Kier molecular flexibility index (Phi) is 2.29. The summed E-state index contributed by atoms with van der Waals surface area (Å²) in [5.41, 5.74) is 15.3. The number of benzene rings is 1. The molecule has 0 unspecified atom stereocenters. The van der Waals surface area contributed by atoms with Crippen molar-refractivity contribution >= 4 is 11.5 Å². The van der Waals surface area contributed by atoms with Gasteiger partial charge in [0.2, 0.25) is 0 Å². The van der Waals surface area contributed by atoms with Crippen molar-refractivity contribution in [2.75, 3.05) is 11.5 Å². The highest BCUT2D eigenvalue weighted by Crippen LogP contribution is 2.28. The van der Waals surface area contributed by atoms with Gasteiger partial charge in [-0.1, -0.05) is 29.8 Å². The van der Waals surface area contributed by atoms with Gasteiger partial charge in [0, 0.05) is 11.8 Å². The second kappa shape index (κ2) is 3.61. The zero-order chi connectivity index (χ0) is 10.8. The Morgan fingerprint density at radius 3 is 2.67 bits per heavy atom. The number of nitrogens with two attached hydrogens (primary N) is 2. The number of hydrogen-bond donors (Lipinski definition) is 2. The third-order valence-corrected chi connectivity index (χ3v) is 2.35. The standard InChI is InChI=1S/C12H13N3/c1-8-3-2-4-9(7-8)10-5-6-15-12(14)11(10)13/h2-7H,13H2,1H3,(H2,14,15). The van der Waals surface area contributed by atoms with Gasteiger partial charge >= 0.3 is 0 Å². The molecule has 0 aliphatic carbocycles. The molecule has 0 saturated carbocycles. The number of pyridine rings is 1. The topological polar surface area (TPSA) is 64.9 Å². The summed E-state index contributed by atoms with van der Waals surface area (Å²) in [5, 5.41) is 0. The van der Waals surface area contributed by atoms with Crippen LogP contribution in [0.1, 0.15) is 5.56 Å². The van der Waals surface area contributed by atoms with Crippen LogP contribution in [0.5, 0.6) is 0 Å². The van der Waals surface area contributed by atoms with Crippen molar-refractivity contribution in [2.45, 2.75) is 6.92 Å². The number of anilines is 2. The normalized spacial score (nSPS) is 10.2. The Morgan fingerprint density at radius 1 is 1.13 bits per heavy atom. The van der Waals surface area contributed by atoms with Gasteiger partial charge in [-0.15, -0.1) is 0 Å². The number of aryl methyl sites for hydroxylation is 1. The predicted molar refractivity (Wildman–Crippen MR) is 63.2 cm³/mol. The van der Waals surface area contributed by atoms with Gasteiger partial charge in [0.05, 0.1) is 5.69 Å². The van der Waals surface area contributed by atoms with E-state index in [0.29, 0.717) is 11.5 Å². The first-order chi connectivity index (χ1) is 7.18. The summed E-state index contributed by atoms with van der Waals surface area (Å²) in [7, 11) is 0. The first-order valence-electron chi connectivity index (χ1n) is 4.75. The molecule has 3 nitrogen and oxygen atoms in total. The summed E-state index contributed by atoms with van der Waals surface area (Å²) in [6, 6.07) is 10.0. The van der Waals surface area contributed by atoms with E-state index in [-0.39, 0.29) is 0 Å². The van der Waals surface area contributed by atoms with E-state index in [1.54, 1.807) is 6.20 Å². The Labute approximate surface area is 88.8 Å². The van der Waals surface area contributed by atoms with Gasteiger partial charge in [0.25, 0.3) is 0 Å². The van der Waals surface area contributed by atoms with Crippen molar-refractivity contribution in [3.8, 4) is 11.1 Å². The van der Waals surface area contributed by atoms with Gasteiger partial charge < -0.3 is 11.5 Å². The molecule has 15 heavy (non-hydrogen) atoms. The van der Waals surface area contributed by atoms with Crippen LogP contribution in [-0.4, -0.2) is 4.98 Å². The molecule has 0 saturated heterocycles. The van der Waals surface area contributed by atoms with Gasteiger partial charge in [-0.3, -0.25) is 0 Å². The van der Waals surface area contributed by atoms with Crippen LogP contribution in [0.15, 0.2) is 36.5 Å². The predicted octanol–water partition coefficient (Wildman–Crippen LogP) is 2.22. The summed E-state index contributed by atoms with van der Waals surface area (Å²) in [5.74, 6) is 0.383. The van der Waals surface area contributed by atoms with Crippen molar-refractivity contribution in [1.82, 2.24) is 4.98 Å². The molecule has 0 spiro atoms. The Balaban J connectivity index is 2.59. The number of aromatic nitrogens is 1. The minimum Gasteiger partial charge on any atom is -0.395 e. The second-order valence-electron chi connectivity index (χ2n) is 3.53. The van der Waals surface area contributed by atoms with Gasteiger partial charge in [-0.05, 0) is 18.6 Å². The van der Waals surface area contributed by atoms with Gasteiger partial charge in [-0.2, -0.15) is 0 Å². The third-order valence-electron chi connectivity index (χ3n) is 2.35. The largest absolute Gasteiger partial charge is 0.395 e. The van der Waals surface area contributed by atoms with E-state index in [1.165, 1.54) is 5.56 Å². The zero-order valence-corrected chi connectivity index (χ0v) is 8.57. The molecule has 0 atom stereocenters. The quantitative estimate of drug-likeness (QED) is 0.740. The second-order valence-corrected chi connectivity index (χ2v) is 3.53. The number of nitrogens with zero attached hydrogens (tertiary/aromatic N) is 1. The Morgan fingerprint density at radius 2 is 1.93 bits per heavy atom. The maximum absolute atomic E-state index is 5.88. The van der Waals surface area contributed by atoms with Crippen LogP contribution in [0.25, 0.3) is 11.1 Å². The van der Waals surface area contributed by atoms with Crippen molar-refractivity contribution in [2.24, 2.45) is 0 Å². The van der Waals surface area contributed by atoms with Crippen LogP contribution < -0.4 is 11.5 Å². The molecule has 2 rings (SSSR count). The molecule has 0 aliphatic rings. The van der Waals surface area contributed by atoms with Gasteiger partial charge in [-0.25, -0.2) is 4.98 Å². The molecule has 0 fully saturated rings. The van der Waals surface area contributed by atoms with E-state index in [1.807, 2.05) is 31.2 Å². The van der Waals surface area contributed by atoms with E-state index in [9.17, 15) is 0 Å². The molecule has 1 heterocycles. The lowest BCUT2D eigenvalue weighted by molar-refractivity contribution is 1.34. The van der Waals surface area contributed by atoms with Crippen LogP contribution in [0.2, 0.25) is 0 Å². The van der Waals surface area contributed by atoms with E-state index in [2.05, 4.69) is 11.1 Å². The van der Waals surface area contributed by atoms with Crippen molar-refractivity contribution in [3.63, 3.8) is 0 Å². The molecule has 4 N–H and O–H groups in total. The van der Waals surface area contributed by atoms with Crippen molar-refractivity contribution in [3.05, 3.63) is 42.1 Å². The lowest BCUT2D eigenvalue weighted by Gasteiger charge is -2.07.